The van der Waals surface area contributed by atoms with Crippen molar-refractivity contribution in [1.29, 1.82) is 0 Å². The van der Waals surface area contributed by atoms with E-state index < -0.39 is 0 Å². The highest BCUT2D eigenvalue weighted by Gasteiger charge is 2.08. The van der Waals surface area contributed by atoms with Gasteiger partial charge >= 0.3 is 5.97 Å². The van der Waals surface area contributed by atoms with Gasteiger partial charge in [0, 0.05) is 40.8 Å². The number of hydrogen-bond donors (Lipinski definition) is 2. The molecule has 160 valence electrons. The Balaban J connectivity index is 1.54. The predicted octanol–water partition coefficient (Wildman–Crippen LogP) is 5.16. The Kier molecular flexibility index (Phi) is 6.36. The number of aromatic nitrogens is 4. The molecule has 0 aliphatic carbocycles. The van der Waals surface area contributed by atoms with Crippen molar-refractivity contribution in [2.75, 3.05) is 11.9 Å². The van der Waals surface area contributed by atoms with Gasteiger partial charge in [0.15, 0.2) is 5.82 Å². The van der Waals surface area contributed by atoms with Crippen LogP contribution >= 0.6 is 0 Å². The lowest BCUT2D eigenvalue weighted by molar-refractivity contribution is -0.137. The summed E-state index contributed by atoms with van der Waals surface area (Å²) < 4.78 is 4.93. The van der Waals surface area contributed by atoms with E-state index in [0.717, 1.165) is 39.3 Å². The summed E-state index contributed by atoms with van der Waals surface area (Å²) >= 11 is 0. The van der Waals surface area contributed by atoms with E-state index in [-0.39, 0.29) is 5.97 Å². The van der Waals surface area contributed by atoms with E-state index in [1.54, 1.807) is 25.4 Å². The SMILES string of the molecule is CCOC(=O)/C=C/c1cccc(-c2ncc(C)c(Nc3ccc(-c4cn[nH]c4)cc3)n2)c1. The molecule has 0 aliphatic rings. The predicted molar refractivity (Wildman–Crippen MR) is 125 cm³/mol. The number of ether oxygens (including phenoxy) is 1. The molecular weight excluding hydrogens is 402 g/mol. The summed E-state index contributed by atoms with van der Waals surface area (Å²) in [5, 5.41) is 10.2. The van der Waals surface area contributed by atoms with Crippen molar-refractivity contribution in [2.45, 2.75) is 13.8 Å². The first-order chi connectivity index (χ1) is 15.6. The Labute approximate surface area is 186 Å². The van der Waals surface area contributed by atoms with E-state index in [2.05, 4.69) is 20.5 Å². The first-order valence-corrected chi connectivity index (χ1v) is 10.3. The van der Waals surface area contributed by atoms with Gasteiger partial charge < -0.3 is 10.1 Å². The van der Waals surface area contributed by atoms with Crippen LogP contribution in [0.1, 0.15) is 18.1 Å². The average molecular weight is 425 g/mol. The van der Waals surface area contributed by atoms with E-state index in [0.29, 0.717) is 12.4 Å². The second-order valence-corrected chi connectivity index (χ2v) is 7.13. The number of aromatic amines is 1. The van der Waals surface area contributed by atoms with Crippen LogP contribution in [0.4, 0.5) is 11.5 Å². The minimum Gasteiger partial charge on any atom is -0.463 e. The molecule has 0 saturated heterocycles. The molecule has 0 amide bonds. The van der Waals surface area contributed by atoms with Crippen molar-refractivity contribution in [3.05, 3.63) is 84.3 Å². The van der Waals surface area contributed by atoms with Gasteiger partial charge in [-0.2, -0.15) is 5.10 Å². The van der Waals surface area contributed by atoms with E-state index in [1.807, 2.05) is 61.7 Å². The normalized spacial score (nSPS) is 10.9. The zero-order valence-electron chi connectivity index (χ0n) is 17.9. The lowest BCUT2D eigenvalue weighted by atomic mass is 10.1. The minimum atomic E-state index is -0.366. The van der Waals surface area contributed by atoms with Crippen LogP contribution in [-0.4, -0.2) is 32.7 Å². The number of benzene rings is 2. The first-order valence-electron chi connectivity index (χ1n) is 10.3. The van der Waals surface area contributed by atoms with E-state index in [4.69, 9.17) is 9.72 Å². The molecule has 2 N–H and O–H groups in total. The number of nitrogens with zero attached hydrogens (tertiary/aromatic N) is 3. The van der Waals surface area contributed by atoms with Crippen molar-refractivity contribution in [2.24, 2.45) is 0 Å². The maximum absolute atomic E-state index is 11.6. The molecule has 7 nitrogen and oxygen atoms in total. The third-order valence-electron chi connectivity index (χ3n) is 4.79. The van der Waals surface area contributed by atoms with E-state index >= 15 is 0 Å². The van der Waals surface area contributed by atoms with Gasteiger partial charge in [-0.05, 0) is 49.2 Å². The Morgan fingerprint density at radius 1 is 1.09 bits per heavy atom. The molecule has 0 bridgehead atoms. The van der Waals surface area contributed by atoms with Crippen LogP contribution in [0.3, 0.4) is 0 Å². The van der Waals surface area contributed by atoms with Crippen molar-refractivity contribution in [3.8, 4) is 22.5 Å². The molecule has 2 aromatic heterocycles. The fourth-order valence-corrected chi connectivity index (χ4v) is 3.14. The van der Waals surface area contributed by atoms with Crippen LogP contribution in [0.5, 0.6) is 0 Å². The third-order valence-corrected chi connectivity index (χ3v) is 4.79. The largest absolute Gasteiger partial charge is 0.463 e. The third kappa shape index (κ3) is 5.07. The van der Waals surface area contributed by atoms with Crippen molar-refractivity contribution >= 4 is 23.6 Å². The summed E-state index contributed by atoms with van der Waals surface area (Å²) in [7, 11) is 0. The summed E-state index contributed by atoms with van der Waals surface area (Å²) in [5.74, 6) is 0.966. The van der Waals surface area contributed by atoms with Crippen molar-refractivity contribution in [3.63, 3.8) is 0 Å². The number of anilines is 2. The lowest BCUT2D eigenvalue weighted by Crippen LogP contribution is -2.00. The number of hydrogen-bond acceptors (Lipinski definition) is 6. The van der Waals surface area contributed by atoms with Gasteiger partial charge in [-0.15, -0.1) is 0 Å². The fraction of sp³-hybridized carbons (Fsp3) is 0.120. The zero-order chi connectivity index (χ0) is 22.3. The summed E-state index contributed by atoms with van der Waals surface area (Å²) in [5.41, 5.74) is 5.70. The molecule has 0 spiro atoms. The smallest absolute Gasteiger partial charge is 0.330 e. The Hall–Kier alpha value is -4.26. The van der Waals surface area contributed by atoms with Gasteiger partial charge in [-0.25, -0.2) is 14.8 Å². The highest BCUT2D eigenvalue weighted by molar-refractivity contribution is 5.87. The molecule has 0 radical (unpaired) electrons. The molecule has 4 rings (SSSR count). The Bertz CT molecular complexity index is 1230. The van der Waals surface area contributed by atoms with Gasteiger partial charge in [-0.1, -0.05) is 30.3 Å². The summed E-state index contributed by atoms with van der Waals surface area (Å²) in [6.07, 6.45) is 8.58. The molecule has 2 heterocycles. The fourth-order valence-electron chi connectivity index (χ4n) is 3.14. The van der Waals surface area contributed by atoms with Crippen LogP contribution in [-0.2, 0) is 9.53 Å². The van der Waals surface area contributed by atoms with Crippen LogP contribution < -0.4 is 5.32 Å². The Morgan fingerprint density at radius 3 is 2.69 bits per heavy atom. The van der Waals surface area contributed by atoms with Crippen LogP contribution in [0, 0.1) is 6.92 Å². The standard InChI is InChI=1S/C25H23N5O2/c1-3-32-23(31)12-7-18-5-4-6-20(13-18)25-26-14-17(2)24(30-25)29-22-10-8-19(9-11-22)21-15-27-28-16-21/h4-16H,3H2,1-2H3,(H,27,28)(H,26,29,30)/b12-7+. The van der Waals surface area contributed by atoms with Crippen molar-refractivity contribution in [1.82, 2.24) is 20.2 Å². The summed E-state index contributed by atoms with van der Waals surface area (Å²) in [6.45, 7) is 4.09. The second-order valence-electron chi connectivity index (χ2n) is 7.13. The Morgan fingerprint density at radius 2 is 1.94 bits per heavy atom. The minimum absolute atomic E-state index is 0.349. The molecule has 0 fully saturated rings. The topological polar surface area (TPSA) is 92.8 Å². The molecule has 0 atom stereocenters. The van der Waals surface area contributed by atoms with Crippen LogP contribution in [0.25, 0.3) is 28.6 Å². The summed E-state index contributed by atoms with van der Waals surface area (Å²) in [6, 6.07) is 15.8. The van der Waals surface area contributed by atoms with E-state index in [1.165, 1.54) is 6.08 Å². The highest BCUT2D eigenvalue weighted by Crippen LogP contribution is 2.25. The highest BCUT2D eigenvalue weighted by atomic mass is 16.5. The number of esters is 1. The van der Waals surface area contributed by atoms with E-state index in [9.17, 15) is 4.79 Å². The number of carbonyl (C=O) groups excluding carboxylic acids is 1. The molecule has 2 aromatic carbocycles. The maximum atomic E-state index is 11.6. The molecule has 4 aromatic rings. The molecule has 0 unspecified atom stereocenters. The van der Waals surface area contributed by atoms with Gasteiger partial charge in [0.1, 0.15) is 5.82 Å². The number of nitrogens with one attached hydrogen (secondary N) is 2. The number of aryl methyl sites for hydroxylation is 1. The van der Waals surface area contributed by atoms with Crippen molar-refractivity contribution < 1.29 is 9.53 Å². The van der Waals surface area contributed by atoms with Gasteiger partial charge in [0.05, 0.1) is 12.8 Å². The molecule has 0 saturated carbocycles. The average Bonchev–Trinajstić information content (AvgIpc) is 3.35. The zero-order valence-corrected chi connectivity index (χ0v) is 17.9. The molecular formula is C25H23N5O2. The number of H-pyrrole nitrogens is 1. The second kappa shape index (κ2) is 9.70. The van der Waals surface area contributed by atoms with Gasteiger partial charge in [-0.3, -0.25) is 5.10 Å². The number of carbonyl (C=O) groups is 1. The molecule has 7 heteroatoms. The van der Waals surface area contributed by atoms with Crippen LogP contribution in [0.2, 0.25) is 0 Å². The summed E-state index contributed by atoms with van der Waals surface area (Å²) in [4.78, 5) is 20.8. The number of rotatable bonds is 7. The van der Waals surface area contributed by atoms with Gasteiger partial charge in [0.25, 0.3) is 0 Å². The molecule has 32 heavy (non-hydrogen) atoms. The maximum Gasteiger partial charge on any atom is 0.330 e. The van der Waals surface area contributed by atoms with Crippen LogP contribution in [0.15, 0.2) is 73.2 Å². The lowest BCUT2D eigenvalue weighted by Gasteiger charge is -2.11. The molecule has 0 aliphatic heterocycles. The first kappa shape index (κ1) is 21.0. The van der Waals surface area contributed by atoms with Gasteiger partial charge in [0.2, 0.25) is 0 Å². The quantitative estimate of drug-likeness (QED) is 0.314. The monoisotopic (exact) mass is 425 g/mol.